The molecule has 1 aromatic heterocycles. The Labute approximate surface area is 129 Å². The highest BCUT2D eigenvalue weighted by Gasteiger charge is 2.21. The van der Waals surface area contributed by atoms with Crippen LogP contribution in [-0.2, 0) is 7.05 Å². The molecule has 1 unspecified atom stereocenters. The SMILES string of the molecule is Cn1nnc(Br)c1C(O)c1cc(I)ccc1Br. The van der Waals surface area contributed by atoms with E-state index in [-0.39, 0.29) is 0 Å². The smallest absolute Gasteiger partial charge is 0.154 e. The molecule has 0 saturated heterocycles. The predicted molar refractivity (Wildman–Crippen MR) is 79.6 cm³/mol. The lowest BCUT2D eigenvalue weighted by Gasteiger charge is -2.13. The third-order valence-electron chi connectivity index (χ3n) is 2.34. The quantitative estimate of drug-likeness (QED) is 0.684. The summed E-state index contributed by atoms with van der Waals surface area (Å²) in [5.41, 5.74) is 1.43. The zero-order chi connectivity index (χ0) is 12.6. The first-order valence-corrected chi connectivity index (χ1v) is 7.35. The topological polar surface area (TPSA) is 50.9 Å². The Morgan fingerprint density at radius 3 is 2.71 bits per heavy atom. The van der Waals surface area contributed by atoms with Crippen LogP contribution >= 0.6 is 54.5 Å². The van der Waals surface area contributed by atoms with Crippen LogP contribution in [-0.4, -0.2) is 20.1 Å². The van der Waals surface area contributed by atoms with Gasteiger partial charge in [0.2, 0.25) is 0 Å². The molecule has 2 aromatic rings. The van der Waals surface area contributed by atoms with Crippen molar-refractivity contribution in [2.75, 3.05) is 0 Å². The maximum absolute atomic E-state index is 10.4. The summed E-state index contributed by atoms with van der Waals surface area (Å²) in [6.07, 6.45) is -0.770. The van der Waals surface area contributed by atoms with Gasteiger partial charge in [0.1, 0.15) is 11.8 Å². The summed E-state index contributed by atoms with van der Waals surface area (Å²) < 4.78 is 4.03. The van der Waals surface area contributed by atoms with Gasteiger partial charge in [-0.1, -0.05) is 21.1 Å². The second-order valence-electron chi connectivity index (χ2n) is 3.46. The van der Waals surface area contributed by atoms with Gasteiger partial charge in [0, 0.05) is 20.7 Å². The standard InChI is InChI=1S/C10H8Br2IN3O/c1-16-8(10(12)14-15-16)9(17)6-4-5(13)2-3-7(6)11/h2-4,9,17H,1H3. The molecule has 2 rings (SSSR count). The summed E-state index contributed by atoms with van der Waals surface area (Å²) in [5.74, 6) is 0. The lowest BCUT2D eigenvalue weighted by atomic mass is 10.1. The Hall–Kier alpha value is 0.01000. The van der Waals surface area contributed by atoms with E-state index >= 15 is 0 Å². The van der Waals surface area contributed by atoms with Crippen molar-refractivity contribution in [1.29, 1.82) is 0 Å². The first kappa shape index (κ1) is 13.4. The number of aryl methyl sites for hydroxylation is 1. The monoisotopic (exact) mass is 471 g/mol. The van der Waals surface area contributed by atoms with Crippen LogP contribution in [0.2, 0.25) is 0 Å². The highest BCUT2D eigenvalue weighted by Crippen LogP contribution is 2.32. The van der Waals surface area contributed by atoms with E-state index in [0.29, 0.717) is 10.3 Å². The molecule has 0 aliphatic heterocycles. The zero-order valence-electron chi connectivity index (χ0n) is 8.73. The number of hydrogen-bond donors (Lipinski definition) is 1. The van der Waals surface area contributed by atoms with Crippen LogP contribution in [0.15, 0.2) is 27.3 Å². The molecule has 0 saturated carbocycles. The molecule has 17 heavy (non-hydrogen) atoms. The molecule has 0 bridgehead atoms. The zero-order valence-corrected chi connectivity index (χ0v) is 14.1. The molecule has 1 N–H and O–H groups in total. The minimum atomic E-state index is -0.770. The molecule has 90 valence electrons. The van der Waals surface area contributed by atoms with Gasteiger partial charge in [-0.05, 0) is 56.7 Å². The van der Waals surface area contributed by atoms with E-state index in [1.54, 1.807) is 11.7 Å². The minimum absolute atomic E-state index is 0.554. The number of aliphatic hydroxyl groups excluding tert-OH is 1. The van der Waals surface area contributed by atoms with Crippen LogP contribution < -0.4 is 0 Å². The first-order valence-electron chi connectivity index (χ1n) is 4.68. The highest BCUT2D eigenvalue weighted by molar-refractivity contribution is 14.1. The summed E-state index contributed by atoms with van der Waals surface area (Å²) in [4.78, 5) is 0. The van der Waals surface area contributed by atoms with Gasteiger partial charge in [-0.3, -0.25) is 0 Å². The fraction of sp³-hybridized carbons (Fsp3) is 0.200. The van der Waals surface area contributed by atoms with Crippen molar-refractivity contribution in [3.63, 3.8) is 0 Å². The summed E-state index contributed by atoms with van der Waals surface area (Å²) >= 11 is 8.93. The molecule has 1 atom stereocenters. The Kier molecular flexibility index (Phi) is 4.22. The summed E-state index contributed by atoms with van der Waals surface area (Å²) in [7, 11) is 1.75. The largest absolute Gasteiger partial charge is 0.382 e. The fourth-order valence-corrected chi connectivity index (χ4v) is 3.02. The van der Waals surface area contributed by atoms with Crippen LogP contribution in [0, 0.1) is 3.57 Å². The molecule has 4 nitrogen and oxygen atoms in total. The van der Waals surface area contributed by atoms with Gasteiger partial charge in [0.05, 0.1) is 0 Å². The van der Waals surface area contributed by atoms with E-state index in [1.165, 1.54) is 0 Å². The van der Waals surface area contributed by atoms with Crippen molar-refractivity contribution >= 4 is 54.5 Å². The normalized spacial score (nSPS) is 12.8. The van der Waals surface area contributed by atoms with E-state index < -0.39 is 6.10 Å². The molecular weight excluding hydrogens is 465 g/mol. The second-order valence-corrected chi connectivity index (χ2v) is 6.31. The highest BCUT2D eigenvalue weighted by atomic mass is 127. The molecule has 0 aliphatic rings. The summed E-state index contributed by atoms with van der Waals surface area (Å²) in [6.45, 7) is 0. The molecule has 0 spiro atoms. The van der Waals surface area contributed by atoms with E-state index in [4.69, 9.17) is 0 Å². The molecule has 0 fully saturated rings. The summed E-state index contributed by atoms with van der Waals surface area (Å²) in [5, 5.41) is 18.1. The van der Waals surface area contributed by atoms with Crippen molar-refractivity contribution < 1.29 is 5.11 Å². The number of halogens is 3. The van der Waals surface area contributed by atoms with Gasteiger partial charge in [-0.2, -0.15) is 0 Å². The average molecular weight is 473 g/mol. The van der Waals surface area contributed by atoms with Crippen LogP contribution in [0.5, 0.6) is 0 Å². The number of hydrogen-bond acceptors (Lipinski definition) is 3. The number of aliphatic hydroxyl groups is 1. The third kappa shape index (κ3) is 2.72. The van der Waals surface area contributed by atoms with Gasteiger partial charge < -0.3 is 5.11 Å². The summed E-state index contributed by atoms with van der Waals surface area (Å²) in [6, 6.07) is 5.81. The average Bonchev–Trinajstić information content (AvgIpc) is 2.61. The number of aromatic nitrogens is 3. The lowest BCUT2D eigenvalue weighted by molar-refractivity contribution is 0.208. The second kappa shape index (κ2) is 5.33. The van der Waals surface area contributed by atoms with Crippen molar-refractivity contribution in [2.24, 2.45) is 7.05 Å². The minimum Gasteiger partial charge on any atom is -0.382 e. The van der Waals surface area contributed by atoms with Crippen molar-refractivity contribution in [1.82, 2.24) is 15.0 Å². The fourth-order valence-electron chi connectivity index (χ4n) is 1.50. The number of benzene rings is 1. The lowest BCUT2D eigenvalue weighted by Crippen LogP contribution is -2.08. The molecule has 1 aromatic carbocycles. The number of rotatable bonds is 2. The molecule has 0 radical (unpaired) electrons. The predicted octanol–water partition coefficient (Wildman–Crippen LogP) is 3.03. The Morgan fingerprint density at radius 1 is 1.41 bits per heavy atom. The van der Waals surface area contributed by atoms with Crippen LogP contribution in [0.25, 0.3) is 0 Å². The van der Waals surface area contributed by atoms with E-state index in [2.05, 4.69) is 64.8 Å². The van der Waals surface area contributed by atoms with E-state index in [1.807, 2.05) is 18.2 Å². The Morgan fingerprint density at radius 2 is 2.12 bits per heavy atom. The van der Waals surface area contributed by atoms with Crippen molar-refractivity contribution in [2.45, 2.75) is 6.10 Å². The third-order valence-corrected chi connectivity index (χ3v) is 4.30. The van der Waals surface area contributed by atoms with Crippen LogP contribution in [0.1, 0.15) is 17.4 Å². The van der Waals surface area contributed by atoms with E-state index in [9.17, 15) is 5.11 Å². The Bertz CT molecular complexity index is 539. The van der Waals surface area contributed by atoms with Crippen molar-refractivity contribution in [3.8, 4) is 0 Å². The van der Waals surface area contributed by atoms with Crippen LogP contribution in [0.4, 0.5) is 0 Å². The molecule has 0 amide bonds. The maximum atomic E-state index is 10.4. The molecule has 7 heteroatoms. The molecular formula is C10H8Br2IN3O. The van der Waals surface area contributed by atoms with Gasteiger partial charge >= 0.3 is 0 Å². The molecule has 0 aliphatic carbocycles. The van der Waals surface area contributed by atoms with Gasteiger partial charge in [0.15, 0.2) is 4.60 Å². The maximum Gasteiger partial charge on any atom is 0.154 e. The van der Waals surface area contributed by atoms with Gasteiger partial charge in [-0.15, -0.1) is 5.10 Å². The van der Waals surface area contributed by atoms with Crippen LogP contribution in [0.3, 0.4) is 0 Å². The Balaban J connectivity index is 2.50. The van der Waals surface area contributed by atoms with Gasteiger partial charge in [-0.25, -0.2) is 4.68 Å². The number of nitrogens with zero attached hydrogens (tertiary/aromatic N) is 3. The molecule has 1 heterocycles. The van der Waals surface area contributed by atoms with E-state index in [0.717, 1.165) is 13.6 Å². The first-order chi connectivity index (χ1) is 8.00. The van der Waals surface area contributed by atoms with Gasteiger partial charge in [0.25, 0.3) is 0 Å². The van der Waals surface area contributed by atoms with Crippen molar-refractivity contribution in [3.05, 3.63) is 42.1 Å².